The average Bonchev–Trinajstić information content (AvgIpc) is 3.05. The second-order valence-electron chi connectivity index (χ2n) is 4.92. The number of nitrogens with zero attached hydrogens (tertiary/aromatic N) is 1. The van der Waals surface area contributed by atoms with Crippen LogP contribution in [0.1, 0.15) is 30.9 Å². The summed E-state index contributed by atoms with van der Waals surface area (Å²) in [6, 6.07) is 9.64. The van der Waals surface area contributed by atoms with E-state index in [0.29, 0.717) is 6.04 Å². The van der Waals surface area contributed by atoms with Crippen molar-refractivity contribution < 1.29 is 0 Å². The highest BCUT2D eigenvalue weighted by molar-refractivity contribution is 6.30. The molecular formula is C13H17ClN2. The van der Waals surface area contributed by atoms with Gasteiger partial charge in [0.2, 0.25) is 0 Å². The Morgan fingerprint density at radius 2 is 1.81 bits per heavy atom. The van der Waals surface area contributed by atoms with Gasteiger partial charge in [0.1, 0.15) is 0 Å². The zero-order chi connectivity index (χ0) is 11.1. The number of hydrogen-bond acceptors (Lipinski definition) is 2. The van der Waals surface area contributed by atoms with Gasteiger partial charge in [-0.15, -0.1) is 0 Å². The van der Waals surface area contributed by atoms with Crippen molar-refractivity contribution in [3.63, 3.8) is 0 Å². The van der Waals surface area contributed by atoms with Crippen molar-refractivity contribution in [2.45, 2.75) is 37.4 Å². The number of hydrogen-bond donors (Lipinski definition) is 1. The second-order valence-corrected chi connectivity index (χ2v) is 5.35. The van der Waals surface area contributed by atoms with Crippen molar-refractivity contribution in [2.75, 3.05) is 6.54 Å². The third kappa shape index (κ3) is 1.86. The van der Waals surface area contributed by atoms with Gasteiger partial charge in [-0.1, -0.05) is 23.7 Å². The molecule has 2 aliphatic rings. The first-order valence-corrected chi connectivity index (χ1v) is 6.40. The van der Waals surface area contributed by atoms with Crippen molar-refractivity contribution >= 4 is 11.6 Å². The third-order valence-electron chi connectivity index (χ3n) is 3.71. The van der Waals surface area contributed by atoms with Gasteiger partial charge in [0.25, 0.3) is 0 Å². The smallest absolute Gasteiger partial charge is 0.0502 e. The van der Waals surface area contributed by atoms with Crippen molar-refractivity contribution in [1.29, 1.82) is 0 Å². The first kappa shape index (κ1) is 10.6. The van der Waals surface area contributed by atoms with E-state index in [0.717, 1.165) is 24.0 Å². The molecule has 2 fully saturated rings. The number of benzene rings is 1. The topological polar surface area (TPSA) is 29.3 Å². The average molecular weight is 237 g/mol. The van der Waals surface area contributed by atoms with E-state index in [1.807, 2.05) is 12.1 Å². The monoisotopic (exact) mass is 236 g/mol. The zero-order valence-electron chi connectivity index (χ0n) is 9.27. The van der Waals surface area contributed by atoms with Crippen LogP contribution in [0.25, 0.3) is 0 Å². The highest BCUT2D eigenvalue weighted by Gasteiger charge is 2.41. The summed E-state index contributed by atoms with van der Waals surface area (Å²) in [4.78, 5) is 2.58. The lowest BCUT2D eigenvalue weighted by Crippen LogP contribution is -2.33. The van der Waals surface area contributed by atoms with E-state index in [9.17, 15) is 0 Å². The molecule has 2 atom stereocenters. The molecule has 0 spiro atoms. The zero-order valence-corrected chi connectivity index (χ0v) is 10.0. The molecule has 1 aliphatic heterocycles. The molecule has 1 heterocycles. The predicted octanol–water partition coefficient (Wildman–Crippen LogP) is 2.58. The SMILES string of the molecule is NC1CCN(C2CC2)C1c1ccc(Cl)cc1. The van der Waals surface area contributed by atoms with Crippen LogP contribution in [0.4, 0.5) is 0 Å². The number of rotatable bonds is 2. The molecule has 1 saturated carbocycles. The van der Waals surface area contributed by atoms with Crippen LogP contribution in [0.2, 0.25) is 5.02 Å². The Kier molecular flexibility index (Phi) is 2.66. The van der Waals surface area contributed by atoms with Crippen LogP contribution in [0.15, 0.2) is 24.3 Å². The Balaban J connectivity index is 1.87. The highest BCUT2D eigenvalue weighted by atomic mass is 35.5. The lowest BCUT2D eigenvalue weighted by atomic mass is 10.0. The lowest BCUT2D eigenvalue weighted by Gasteiger charge is -2.27. The Labute approximate surface area is 101 Å². The van der Waals surface area contributed by atoms with E-state index in [2.05, 4.69) is 17.0 Å². The molecule has 2 N–H and O–H groups in total. The van der Waals surface area contributed by atoms with Crippen LogP contribution < -0.4 is 5.73 Å². The van der Waals surface area contributed by atoms with E-state index in [4.69, 9.17) is 17.3 Å². The van der Waals surface area contributed by atoms with Gasteiger partial charge in [0.05, 0.1) is 6.04 Å². The maximum Gasteiger partial charge on any atom is 0.0502 e. The molecule has 1 aliphatic carbocycles. The molecule has 3 heteroatoms. The van der Waals surface area contributed by atoms with E-state index in [1.165, 1.54) is 18.4 Å². The standard InChI is InChI=1S/C13H17ClN2/c14-10-3-1-9(2-4-10)13-12(15)7-8-16(13)11-5-6-11/h1-4,11-13H,5-8,15H2. The summed E-state index contributed by atoms with van der Waals surface area (Å²) in [5, 5.41) is 0.799. The van der Waals surface area contributed by atoms with Gasteiger partial charge >= 0.3 is 0 Å². The summed E-state index contributed by atoms with van der Waals surface area (Å²) >= 11 is 5.92. The van der Waals surface area contributed by atoms with Gasteiger partial charge in [-0.05, 0) is 37.0 Å². The molecule has 1 aromatic carbocycles. The number of nitrogens with two attached hydrogens (primary N) is 1. The lowest BCUT2D eigenvalue weighted by molar-refractivity contribution is 0.237. The van der Waals surface area contributed by atoms with Crippen molar-refractivity contribution in [2.24, 2.45) is 5.73 Å². The second kappa shape index (κ2) is 4.02. The van der Waals surface area contributed by atoms with Crippen molar-refractivity contribution in [3.8, 4) is 0 Å². The summed E-state index contributed by atoms with van der Waals surface area (Å²) < 4.78 is 0. The molecule has 0 aromatic heterocycles. The Morgan fingerprint density at radius 1 is 1.12 bits per heavy atom. The van der Waals surface area contributed by atoms with E-state index < -0.39 is 0 Å². The van der Waals surface area contributed by atoms with Crippen LogP contribution in [-0.2, 0) is 0 Å². The fourth-order valence-corrected chi connectivity index (χ4v) is 2.88. The van der Waals surface area contributed by atoms with E-state index >= 15 is 0 Å². The molecule has 1 saturated heterocycles. The van der Waals surface area contributed by atoms with Crippen LogP contribution in [-0.4, -0.2) is 23.5 Å². The summed E-state index contributed by atoms with van der Waals surface area (Å²) in [5.41, 5.74) is 7.55. The van der Waals surface area contributed by atoms with Gasteiger partial charge < -0.3 is 5.73 Å². The molecule has 1 aromatic rings. The third-order valence-corrected chi connectivity index (χ3v) is 3.96. The van der Waals surface area contributed by atoms with Crippen molar-refractivity contribution in [1.82, 2.24) is 4.90 Å². The molecule has 0 bridgehead atoms. The maximum absolute atomic E-state index is 6.23. The predicted molar refractivity (Wildman–Crippen MR) is 66.5 cm³/mol. The summed E-state index contributed by atoms with van der Waals surface area (Å²) in [5.74, 6) is 0. The summed E-state index contributed by atoms with van der Waals surface area (Å²) in [6.07, 6.45) is 3.80. The maximum atomic E-state index is 6.23. The Bertz CT molecular complexity index is 372. The van der Waals surface area contributed by atoms with Crippen LogP contribution in [0.3, 0.4) is 0 Å². The van der Waals surface area contributed by atoms with Gasteiger partial charge in [0, 0.05) is 23.7 Å². The molecular weight excluding hydrogens is 220 g/mol. The molecule has 86 valence electrons. The minimum Gasteiger partial charge on any atom is -0.326 e. The molecule has 3 rings (SSSR count). The minimum absolute atomic E-state index is 0.279. The van der Waals surface area contributed by atoms with Gasteiger partial charge in [0.15, 0.2) is 0 Å². The molecule has 2 unspecified atom stereocenters. The van der Waals surface area contributed by atoms with Crippen LogP contribution in [0, 0.1) is 0 Å². The van der Waals surface area contributed by atoms with Gasteiger partial charge in [-0.3, -0.25) is 4.90 Å². The van der Waals surface area contributed by atoms with E-state index in [-0.39, 0.29) is 6.04 Å². The van der Waals surface area contributed by atoms with Gasteiger partial charge in [-0.2, -0.15) is 0 Å². The minimum atomic E-state index is 0.279. The van der Waals surface area contributed by atoms with Gasteiger partial charge in [-0.25, -0.2) is 0 Å². The highest BCUT2D eigenvalue weighted by Crippen LogP contribution is 2.40. The fourth-order valence-electron chi connectivity index (χ4n) is 2.76. The molecule has 0 amide bonds. The van der Waals surface area contributed by atoms with E-state index in [1.54, 1.807) is 0 Å². The quantitative estimate of drug-likeness (QED) is 0.855. The Hall–Kier alpha value is -0.570. The molecule has 0 radical (unpaired) electrons. The number of likely N-dealkylation sites (tertiary alicyclic amines) is 1. The first-order chi connectivity index (χ1) is 7.75. The largest absolute Gasteiger partial charge is 0.326 e. The van der Waals surface area contributed by atoms with Crippen LogP contribution >= 0.6 is 11.6 Å². The number of halogens is 1. The van der Waals surface area contributed by atoms with Crippen molar-refractivity contribution in [3.05, 3.63) is 34.9 Å². The fraction of sp³-hybridized carbons (Fsp3) is 0.538. The molecule has 16 heavy (non-hydrogen) atoms. The summed E-state index contributed by atoms with van der Waals surface area (Å²) in [7, 11) is 0. The first-order valence-electron chi connectivity index (χ1n) is 6.02. The normalized spacial score (nSPS) is 30.9. The molecule has 2 nitrogen and oxygen atoms in total. The Morgan fingerprint density at radius 3 is 2.44 bits per heavy atom. The summed E-state index contributed by atoms with van der Waals surface area (Å²) in [6.45, 7) is 1.15. The van der Waals surface area contributed by atoms with Crippen LogP contribution in [0.5, 0.6) is 0 Å².